The summed E-state index contributed by atoms with van der Waals surface area (Å²) in [6, 6.07) is -0.554. The summed E-state index contributed by atoms with van der Waals surface area (Å²) in [5.74, 6) is -0.475. The van der Waals surface area contributed by atoms with Crippen molar-refractivity contribution in [1.82, 2.24) is 5.32 Å². The number of rotatable bonds is 8. The Morgan fingerprint density at radius 3 is 2.35 bits per heavy atom. The fraction of sp³-hybridized carbons (Fsp3) is 0.833. The number of amides is 1. The zero-order chi connectivity index (χ0) is 13.3. The Morgan fingerprint density at radius 1 is 1.24 bits per heavy atom. The number of hydrogen-bond acceptors (Lipinski definition) is 4. The molecule has 0 aromatic rings. The number of ether oxygens (including phenoxy) is 1. The van der Waals surface area contributed by atoms with Gasteiger partial charge in [0, 0.05) is 6.42 Å². The molecule has 5 heteroatoms. The zero-order valence-electron chi connectivity index (χ0n) is 11.0. The largest absolute Gasteiger partial charge is 0.467 e. The van der Waals surface area contributed by atoms with Gasteiger partial charge in [0.15, 0.2) is 0 Å². The van der Waals surface area contributed by atoms with Gasteiger partial charge in [-0.2, -0.15) is 0 Å². The molecule has 17 heavy (non-hydrogen) atoms. The van der Waals surface area contributed by atoms with E-state index in [1.807, 2.05) is 13.8 Å². The van der Waals surface area contributed by atoms with Gasteiger partial charge in [-0.05, 0) is 25.3 Å². The molecular weight excluding hydrogens is 220 g/mol. The van der Waals surface area contributed by atoms with Crippen LogP contribution in [-0.2, 0) is 14.3 Å². The number of nitrogens with one attached hydrogen (secondary N) is 1. The van der Waals surface area contributed by atoms with E-state index in [0.29, 0.717) is 13.0 Å². The molecule has 0 radical (unpaired) electrons. The van der Waals surface area contributed by atoms with Crippen molar-refractivity contribution in [1.29, 1.82) is 0 Å². The Hall–Kier alpha value is -1.10. The van der Waals surface area contributed by atoms with Crippen LogP contribution in [-0.4, -0.2) is 31.6 Å². The maximum Gasteiger partial charge on any atom is 0.328 e. The number of methoxy groups -OCH3 is 1. The Morgan fingerprint density at radius 2 is 1.88 bits per heavy atom. The van der Waals surface area contributed by atoms with Gasteiger partial charge < -0.3 is 15.8 Å². The Bertz CT molecular complexity index is 242. The molecule has 0 fully saturated rings. The van der Waals surface area contributed by atoms with Gasteiger partial charge in [0.05, 0.1) is 7.11 Å². The highest BCUT2D eigenvalue weighted by atomic mass is 16.5. The lowest BCUT2D eigenvalue weighted by atomic mass is 10.0. The van der Waals surface area contributed by atoms with Gasteiger partial charge in [-0.25, -0.2) is 4.79 Å². The van der Waals surface area contributed by atoms with Crippen LogP contribution in [0.2, 0.25) is 0 Å². The van der Waals surface area contributed by atoms with Crippen molar-refractivity contribution in [3.63, 3.8) is 0 Å². The summed E-state index contributed by atoms with van der Waals surface area (Å²) in [5.41, 5.74) is 5.36. The van der Waals surface area contributed by atoms with Crippen molar-refractivity contribution in [3.05, 3.63) is 0 Å². The molecule has 0 unspecified atom stereocenters. The van der Waals surface area contributed by atoms with Gasteiger partial charge in [-0.15, -0.1) is 0 Å². The molecule has 0 saturated carbocycles. The monoisotopic (exact) mass is 244 g/mol. The van der Waals surface area contributed by atoms with Crippen molar-refractivity contribution in [2.45, 2.75) is 45.6 Å². The van der Waals surface area contributed by atoms with Crippen LogP contribution < -0.4 is 11.1 Å². The molecule has 0 aromatic heterocycles. The molecule has 0 aliphatic carbocycles. The first-order valence-corrected chi connectivity index (χ1v) is 6.10. The van der Waals surface area contributed by atoms with Gasteiger partial charge in [-0.3, -0.25) is 4.79 Å². The van der Waals surface area contributed by atoms with Crippen LogP contribution in [0.15, 0.2) is 0 Å². The van der Waals surface area contributed by atoms with Crippen molar-refractivity contribution < 1.29 is 14.3 Å². The lowest BCUT2D eigenvalue weighted by molar-refractivity contribution is -0.146. The van der Waals surface area contributed by atoms with E-state index < -0.39 is 12.0 Å². The summed E-state index contributed by atoms with van der Waals surface area (Å²) >= 11 is 0. The van der Waals surface area contributed by atoms with Gasteiger partial charge in [-0.1, -0.05) is 20.3 Å². The second-order valence-electron chi connectivity index (χ2n) is 4.41. The predicted octanol–water partition coefficient (Wildman–Crippen LogP) is 0.819. The molecule has 0 aliphatic heterocycles. The lowest BCUT2D eigenvalue weighted by Crippen LogP contribution is -2.44. The molecule has 0 spiro atoms. The highest BCUT2D eigenvalue weighted by Gasteiger charge is 2.24. The SMILES string of the molecule is COC(=O)[C@H](NC(=O)CCCCCN)C(C)C. The van der Waals surface area contributed by atoms with Crippen LogP contribution in [0.1, 0.15) is 39.5 Å². The summed E-state index contributed by atoms with van der Waals surface area (Å²) in [4.78, 5) is 23.0. The van der Waals surface area contributed by atoms with E-state index in [4.69, 9.17) is 5.73 Å². The molecular formula is C12H24N2O3. The summed E-state index contributed by atoms with van der Waals surface area (Å²) in [6.45, 7) is 4.39. The minimum atomic E-state index is -0.554. The molecule has 100 valence electrons. The highest BCUT2D eigenvalue weighted by Crippen LogP contribution is 2.05. The zero-order valence-corrected chi connectivity index (χ0v) is 11.0. The summed E-state index contributed by atoms with van der Waals surface area (Å²) < 4.78 is 4.65. The van der Waals surface area contributed by atoms with E-state index >= 15 is 0 Å². The smallest absolute Gasteiger partial charge is 0.328 e. The van der Waals surface area contributed by atoms with Gasteiger partial charge >= 0.3 is 5.97 Å². The van der Waals surface area contributed by atoms with E-state index in [1.54, 1.807) is 0 Å². The molecule has 0 aliphatic rings. The third kappa shape index (κ3) is 6.94. The van der Waals surface area contributed by atoms with E-state index in [2.05, 4.69) is 10.1 Å². The average molecular weight is 244 g/mol. The third-order valence-electron chi connectivity index (χ3n) is 2.55. The normalized spacial score (nSPS) is 12.3. The highest BCUT2D eigenvalue weighted by molar-refractivity contribution is 5.84. The van der Waals surface area contributed by atoms with Crippen LogP contribution in [0.25, 0.3) is 0 Å². The first-order valence-electron chi connectivity index (χ1n) is 6.10. The first-order chi connectivity index (χ1) is 8.02. The van der Waals surface area contributed by atoms with E-state index in [9.17, 15) is 9.59 Å². The molecule has 1 atom stereocenters. The molecule has 0 saturated heterocycles. The van der Waals surface area contributed by atoms with Crippen LogP contribution in [0.3, 0.4) is 0 Å². The van der Waals surface area contributed by atoms with Crippen LogP contribution >= 0.6 is 0 Å². The van der Waals surface area contributed by atoms with Gasteiger partial charge in [0.25, 0.3) is 0 Å². The number of unbranched alkanes of at least 4 members (excludes halogenated alkanes) is 2. The molecule has 1 amide bonds. The van der Waals surface area contributed by atoms with Crippen LogP contribution in [0.4, 0.5) is 0 Å². The van der Waals surface area contributed by atoms with E-state index in [0.717, 1.165) is 19.3 Å². The average Bonchev–Trinajstić information content (AvgIpc) is 2.30. The topological polar surface area (TPSA) is 81.4 Å². The Balaban J connectivity index is 4.00. The number of hydrogen-bond donors (Lipinski definition) is 2. The molecule has 0 bridgehead atoms. The van der Waals surface area contributed by atoms with Gasteiger partial charge in [0.1, 0.15) is 6.04 Å². The van der Waals surface area contributed by atoms with Crippen LogP contribution in [0.5, 0.6) is 0 Å². The lowest BCUT2D eigenvalue weighted by Gasteiger charge is -2.19. The number of nitrogens with two attached hydrogens (primary N) is 1. The van der Waals surface area contributed by atoms with Gasteiger partial charge in [0.2, 0.25) is 5.91 Å². The molecule has 0 heterocycles. The summed E-state index contributed by atoms with van der Waals surface area (Å²) in [6.07, 6.45) is 3.10. The first kappa shape index (κ1) is 15.9. The van der Waals surface area contributed by atoms with Crippen LogP contribution in [0, 0.1) is 5.92 Å². The quantitative estimate of drug-likeness (QED) is 0.489. The molecule has 3 N–H and O–H groups in total. The fourth-order valence-corrected chi connectivity index (χ4v) is 1.48. The number of carbonyl (C=O) groups is 2. The maximum absolute atomic E-state index is 11.6. The van der Waals surface area contributed by atoms with Crippen molar-refractivity contribution in [3.8, 4) is 0 Å². The fourth-order valence-electron chi connectivity index (χ4n) is 1.48. The maximum atomic E-state index is 11.6. The van der Waals surface area contributed by atoms with Crippen molar-refractivity contribution in [2.75, 3.05) is 13.7 Å². The third-order valence-corrected chi connectivity index (χ3v) is 2.55. The Labute approximate surface area is 103 Å². The number of carbonyl (C=O) groups excluding carboxylic acids is 2. The molecule has 5 nitrogen and oxygen atoms in total. The predicted molar refractivity (Wildman–Crippen MR) is 66.3 cm³/mol. The molecule has 0 rings (SSSR count). The van der Waals surface area contributed by atoms with Crippen molar-refractivity contribution >= 4 is 11.9 Å². The molecule has 0 aromatic carbocycles. The standard InChI is InChI=1S/C12H24N2O3/c1-9(2)11(12(16)17-3)14-10(15)7-5-4-6-8-13/h9,11H,4-8,13H2,1-3H3,(H,14,15)/t11-/m1/s1. The second kappa shape index (κ2) is 8.98. The minimum absolute atomic E-state index is 0.0236. The second-order valence-corrected chi connectivity index (χ2v) is 4.41. The van der Waals surface area contributed by atoms with E-state index in [1.165, 1.54) is 7.11 Å². The minimum Gasteiger partial charge on any atom is -0.467 e. The summed E-state index contributed by atoms with van der Waals surface area (Å²) in [5, 5.41) is 2.70. The summed E-state index contributed by atoms with van der Waals surface area (Å²) in [7, 11) is 1.32. The van der Waals surface area contributed by atoms with E-state index in [-0.39, 0.29) is 11.8 Å². The van der Waals surface area contributed by atoms with Crippen molar-refractivity contribution in [2.24, 2.45) is 11.7 Å². The number of esters is 1. The Kier molecular flexibility index (Phi) is 8.40.